The molecule has 4 aromatic carbocycles. The fourth-order valence-corrected chi connectivity index (χ4v) is 8.55. The summed E-state index contributed by atoms with van der Waals surface area (Å²) in [5.74, 6) is -3.13. The number of nitrogens with one attached hydrogen (secondary N) is 3. The van der Waals surface area contributed by atoms with Gasteiger partial charge in [0.1, 0.15) is 30.6 Å². The third kappa shape index (κ3) is 6.66. The van der Waals surface area contributed by atoms with Crippen molar-refractivity contribution in [2.24, 2.45) is 7.05 Å². The molecule has 2 fully saturated rings. The molecule has 4 amide bonds. The lowest BCUT2D eigenvalue weighted by atomic mass is 10.1. The Balaban J connectivity index is 1.06. The normalized spacial score (nSPS) is 16.6. The van der Waals surface area contributed by atoms with Gasteiger partial charge < -0.3 is 10.1 Å². The van der Waals surface area contributed by atoms with Crippen LogP contribution in [0.25, 0.3) is 27.5 Å². The number of imide groups is 1. The van der Waals surface area contributed by atoms with Crippen LogP contribution in [0.5, 0.6) is 5.75 Å². The van der Waals surface area contributed by atoms with Gasteiger partial charge in [0.25, 0.3) is 5.91 Å². The zero-order chi connectivity index (χ0) is 40.3. The number of ether oxygens (including phenoxy) is 1. The number of hydrogen-bond donors (Lipinski definition) is 3. The van der Waals surface area contributed by atoms with Gasteiger partial charge in [-0.15, -0.1) is 0 Å². The number of carbonyl (C=O) groups excluding carboxylic acids is 4. The zero-order valence-corrected chi connectivity index (χ0v) is 31.6. The van der Waals surface area contributed by atoms with Crippen LogP contribution in [0.4, 0.5) is 15.8 Å². The van der Waals surface area contributed by atoms with E-state index < -0.39 is 51.8 Å². The van der Waals surface area contributed by atoms with E-state index in [0.717, 1.165) is 5.56 Å². The van der Waals surface area contributed by atoms with Crippen LogP contribution in [0.2, 0.25) is 0 Å². The number of aromatic nitrogens is 4. The zero-order valence-electron chi connectivity index (χ0n) is 30.8. The first kappa shape index (κ1) is 37.1. The van der Waals surface area contributed by atoms with Crippen molar-refractivity contribution in [1.82, 2.24) is 29.0 Å². The molecule has 0 radical (unpaired) electrons. The molecule has 2 saturated heterocycles. The van der Waals surface area contributed by atoms with E-state index in [1.54, 1.807) is 67.2 Å². The monoisotopic (exact) mass is 794 g/mol. The predicted molar refractivity (Wildman–Crippen MR) is 207 cm³/mol. The highest BCUT2D eigenvalue weighted by molar-refractivity contribution is 7.92. The summed E-state index contributed by atoms with van der Waals surface area (Å²) in [5.41, 5.74) is 3.89. The summed E-state index contributed by atoms with van der Waals surface area (Å²) in [6.45, 7) is 2.95. The summed E-state index contributed by atoms with van der Waals surface area (Å²) >= 11 is 0. The maximum Gasteiger partial charge on any atom is 0.329 e. The van der Waals surface area contributed by atoms with E-state index in [0.29, 0.717) is 49.1 Å². The average molecular weight is 795 g/mol. The molecule has 57 heavy (non-hydrogen) atoms. The van der Waals surface area contributed by atoms with Crippen molar-refractivity contribution in [2.75, 3.05) is 16.2 Å². The minimum Gasteiger partial charge on any atom is -0.487 e. The van der Waals surface area contributed by atoms with Crippen LogP contribution in [0.1, 0.15) is 41.4 Å². The Kier molecular flexibility index (Phi) is 9.14. The molecule has 6 aromatic rings. The summed E-state index contributed by atoms with van der Waals surface area (Å²) in [6, 6.07) is 19.3. The Morgan fingerprint density at radius 3 is 2.47 bits per heavy atom. The van der Waals surface area contributed by atoms with E-state index in [4.69, 9.17) is 4.74 Å². The van der Waals surface area contributed by atoms with Crippen molar-refractivity contribution in [3.63, 3.8) is 0 Å². The molecule has 1 unspecified atom stereocenters. The van der Waals surface area contributed by atoms with E-state index in [2.05, 4.69) is 15.7 Å². The molecular formula is C39H35FN8O8S. The molecule has 0 bridgehead atoms. The first-order chi connectivity index (χ1) is 27.2. The minimum atomic E-state index is -4.37. The van der Waals surface area contributed by atoms with Gasteiger partial charge in [-0.25, -0.2) is 22.9 Å². The van der Waals surface area contributed by atoms with Gasteiger partial charge in [-0.05, 0) is 73.7 Å². The fraction of sp³-hybridized carbons (Fsp3) is 0.231. The highest BCUT2D eigenvalue weighted by Gasteiger charge is 2.38. The first-order valence-electron chi connectivity index (χ1n) is 17.9. The second-order valence-corrected chi connectivity index (χ2v) is 15.5. The van der Waals surface area contributed by atoms with Crippen molar-refractivity contribution >= 4 is 67.0 Å². The van der Waals surface area contributed by atoms with Crippen LogP contribution >= 0.6 is 0 Å². The van der Waals surface area contributed by atoms with Crippen molar-refractivity contribution in [3.8, 4) is 11.4 Å². The molecule has 4 heterocycles. The van der Waals surface area contributed by atoms with E-state index in [-0.39, 0.29) is 48.8 Å². The predicted octanol–water partition coefficient (Wildman–Crippen LogP) is 3.35. The SMILES string of the molecule is Cc1nn(-c2ccc3c(c2)n(C)c(=O)n3C2CCC(=O)NC2=O)c(C)c1CC(=O)Nc1ccc2c(F)c(N3CC(=O)NS3(=O)=O)c(OCc3ccccc3)cc2c1. The van der Waals surface area contributed by atoms with E-state index in [1.807, 2.05) is 17.7 Å². The minimum absolute atomic E-state index is 0.0159. The third-order valence-electron chi connectivity index (χ3n) is 10.2. The van der Waals surface area contributed by atoms with Crippen LogP contribution in [-0.2, 0) is 49.5 Å². The maximum absolute atomic E-state index is 16.3. The molecule has 2 aliphatic heterocycles. The van der Waals surface area contributed by atoms with E-state index >= 15 is 4.39 Å². The molecule has 2 aromatic heterocycles. The summed E-state index contributed by atoms with van der Waals surface area (Å²) < 4.78 is 54.8. The summed E-state index contributed by atoms with van der Waals surface area (Å²) in [4.78, 5) is 63.2. The largest absolute Gasteiger partial charge is 0.487 e. The summed E-state index contributed by atoms with van der Waals surface area (Å²) in [5, 5.41) is 10.2. The molecule has 292 valence electrons. The number of hydrogen-bond acceptors (Lipinski definition) is 9. The molecule has 2 aliphatic rings. The Morgan fingerprint density at radius 2 is 1.75 bits per heavy atom. The number of aryl methyl sites for hydroxylation is 2. The summed E-state index contributed by atoms with van der Waals surface area (Å²) in [6.07, 6.45) is 0.275. The Labute approximate surface area is 324 Å². The molecule has 3 N–H and O–H groups in total. The van der Waals surface area contributed by atoms with Crippen molar-refractivity contribution in [2.45, 2.75) is 45.8 Å². The van der Waals surface area contributed by atoms with Gasteiger partial charge in [-0.2, -0.15) is 13.5 Å². The number of fused-ring (bicyclic) bond motifs is 2. The van der Waals surface area contributed by atoms with Gasteiger partial charge in [-0.3, -0.25) is 33.6 Å². The van der Waals surface area contributed by atoms with Crippen LogP contribution in [0, 0.1) is 19.7 Å². The third-order valence-corrected chi connectivity index (χ3v) is 11.6. The number of carbonyl (C=O) groups is 4. The first-order valence-corrected chi connectivity index (χ1v) is 19.3. The molecule has 16 nitrogen and oxygen atoms in total. The molecule has 1 atom stereocenters. The molecule has 0 saturated carbocycles. The summed E-state index contributed by atoms with van der Waals surface area (Å²) in [7, 11) is -2.77. The molecular weight excluding hydrogens is 760 g/mol. The van der Waals surface area contributed by atoms with Gasteiger partial charge >= 0.3 is 15.9 Å². The van der Waals surface area contributed by atoms with E-state index in [9.17, 15) is 32.4 Å². The number of imidazole rings is 1. The molecule has 8 rings (SSSR count). The lowest BCUT2D eigenvalue weighted by Gasteiger charge is -2.21. The van der Waals surface area contributed by atoms with Crippen LogP contribution in [-0.4, -0.2) is 57.5 Å². The van der Waals surface area contributed by atoms with Gasteiger partial charge in [0.05, 0.1) is 28.8 Å². The number of halogens is 1. The van der Waals surface area contributed by atoms with Crippen molar-refractivity contribution in [3.05, 3.63) is 112 Å². The number of nitrogens with zero attached hydrogens (tertiary/aromatic N) is 5. The van der Waals surface area contributed by atoms with Crippen molar-refractivity contribution < 1.29 is 36.7 Å². The Morgan fingerprint density at radius 1 is 0.982 bits per heavy atom. The molecule has 0 aliphatic carbocycles. The molecule has 0 spiro atoms. The lowest BCUT2D eigenvalue weighted by Crippen LogP contribution is -2.44. The van der Waals surface area contributed by atoms with E-state index in [1.165, 1.54) is 27.3 Å². The number of anilines is 2. The van der Waals surface area contributed by atoms with Crippen molar-refractivity contribution in [1.29, 1.82) is 0 Å². The number of amides is 4. The second-order valence-electron chi connectivity index (χ2n) is 13.9. The Hall–Kier alpha value is -6.82. The molecule has 18 heteroatoms. The average Bonchev–Trinajstić information content (AvgIpc) is 3.71. The highest BCUT2D eigenvalue weighted by Crippen LogP contribution is 2.40. The van der Waals surface area contributed by atoms with Gasteiger partial charge in [0.2, 0.25) is 17.7 Å². The smallest absolute Gasteiger partial charge is 0.329 e. The number of benzene rings is 4. The fourth-order valence-electron chi connectivity index (χ4n) is 7.39. The van der Waals surface area contributed by atoms with Gasteiger partial charge in [0, 0.05) is 35.8 Å². The maximum atomic E-state index is 16.3. The van der Waals surface area contributed by atoms with Crippen LogP contribution in [0.3, 0.4) is 0 Å². The van der Waals surface area contributed by atoms with Gasteiger partial charge in [-0.1, -0.05) is 30.3 Å². The Bertz CT molecular complexity index is 2870. The topological polar surface area (TPSA) is 196 Å². The standard InChI is InChI=1S/C39H35FN8O8S/c1-21-28(22(2)48(43-21)26-10-12-29-31(17-26)45(3)39(53)47(29)30-13-14-33(49)42-38(30)52)18-34(50)41-25-9-11-27-24(15-25)16-32(56-20-23-7-5-4-6-8-23)37(36(27)40)46-19-35(51)44-57(46,54)55/h4-12,15-17,30H,13-14,18-20H2,1-3H3,(H,41,50)(H,44,51)(H,42,49,52). The number of piperidine rings is 1. The quantitative estimate of drug-likeness (QED) is 0.184. The van der Waals surface area contributed by atoms with Crippen LogP contribution < -0.4 is 30.1 Å². The van der Waals surface area contributed by atoms with Crippen LogP contribution in [0.15, 0.2) is 77.6 Å². The lowest BCUT2D eigenvalue weighted by molar-refractivity contribution is -0.135. The second kappa shape index (κ2) is 14.0. The highest BCUT2D eigenvalue weighted by atomic mass is 32.2. The number of rotatable bonds is 9. The van der Waals surface area contributed by atoms with Gasteiger partial charge in [0.15, 0.2) is 5.82 Å².